The van der Waals surface area contributed by atoms with Gasteiger partial charge in [0.25, 0.3) is 0 Å². The molecule has 160 valence electrons. The van der Waals surface area contributed by atoms with Crippen molar-refractivity contribution in [2.75, 3.05) is 33.7 Å². The van der Waals surface area contributed by atoms with Gasteiger partial charge in [-0.15, -0.1) is 10.2 Å². The van der Waals surface area contributed by atoms with Gasteiger partial charge in [0, 0.05) is 49.5 Å². The molecule has 7 heteroatoms. The quantitative estimate of drug-likeness (QED) is 0.597. The van der Waals surface area contributed by atoms with Crippen LogP contribution in [0.2, 0.25) is 0 Å². The summed E-state index contributed by atoms with van der Waals surface area (Å²) in [6.07, 6.45) is 0. The van der Waals surface area contributed by atoms with Crippen molar-refractivity contribution in [3.05, 3.63) is 53.2 Å². The summed E-state index contributed by atoms with van der Waals surface area (Å²) in [6.45, 7) is 11.2. The molecule has 2 atom stereocenters. The van der Waals surface area contributed by atoms with Gasteiger partial charge < -0.3 is 9.32 Å². The van der Waals surface area contributed by atoms with Crippen LogP contribution >= 0.6 is 0 Å². The van der Waals surface area contributed by atoms with E-state index in [0.717, 1.165) is 49.9 Å². The Kier molecular flexibility index (Phi) is 6.01. The van der Waals surface area contributed by atoms with E-state index in [4.69, 9.17) is 9.52 Å². The van der Waals surface area contributed by atoms with E-state index in [0.29, 0.717) is 11.8 Å². The lowest BCUT2D eigenvalue weighted by molar-refractivity contribution is 0.281. The minimum Gasteiger partial charge on any atom is -0.420 e. The predicted octanol–water partition coefficient (Wildman–Crippen LogP) is 3.35. The number of hydrogen-bond acceptors (Lipinski definition) is 6. The molecule has 1 aliphatic rings. The van der Waals surface area contributed by atoms with Crippen LogP contribution in [0.25, 0.3) is 11.5 Å². The summed E-state index contributed by atoms with van der Waals surface area (Å²) in [6, 6.07) is 9.99. The van der Waals surface area contributed by atoms with Crippen LogP contribution in [0.15, 0.2) is 34.7 Å². The minimum atomic E-state index is 0.235. The van der Waals surface area contributed by atoms with Gasteiger partial charge in [-0.1, -0.05) is 18.2 Å². The van der Waals surface area contributed by atoms with Crippen molar-refractivity contribution >= 4 is 0 Å². The maximum absolute atomic E-state index is 6.15. The zero-order valence-electron chi connectivity index (χ0n) is 18.7. The molecule has 3 heterocycles. The summed E-state index contributed by atoms with van der Waals surface area (Å²) < 4.78 is 8.25. The molecule has 0 amide bonds. The maximum Gasteiger partial charge on any atom is 0.247 e. The smallest absolute Gasteiger partial charge is 0.247 e. The number of aryl methyl sites for hydroxylation is 2. The van der Waals surface area contributed by atoms with Crippen molar-refractivity contribution in [2.45, 2.75) is 39.8 Å². The lowest BCUT2D eigenvalue weighted by atomic mass is 9.95. The number of rotatable bonds is 7. The molecule has 7 nitrogen and oxygen atoms in total. The van der Waals surface area contributed by atoms with Crippen molar-refractivity contribution in [1.29, 1.82) is 0 Å². The van der Waals surface area contributed by atoms with Gasteiger partial charge in [-0.2, -0.15) is 5.10 Å². The highest BCUT2D eigenvalue weighted by atomic mass is 16.4. The molecule has 0 spiro atoms. The van der Waals surface area contributed by atoms with Crippen molar-refractivity contribution < 1.29 is 4.42 Å². The summed E-state index contributed by atoms with van der Waals surface area (Å²) in [5.41, 5.74) is 4.71. The van der Waals surface area contributed by atoms with Crippen LogP contribution in [0.1, 0.15) is 35.7 Å². The Morgan fingerprint density at radius 2 is 1.87 bits per heavy atom. The van der Waals surface area contributed by atoms with Crippen molar-refractivity contribution in [2.24, 2.45) is 5.92 Å². The molecule has 1 saturated heterocycles. The summed E-state index contributed by atoms with van der Waals surface area (Å²) >= 11 is 0. The number of likely N-dealkylation sites (tertiary alicyclic amines) is 1. The van der Waals surface area contributed by atoms with Gasteiger partial charge in [0.1, 0.15) is 0 Å². The second kappa shape index (κ2) is 8.70. The van der Waals surface area contributed by atoms with Gasteiger partial charge in [0.2, 0.25) is 11.8 Å². The highest BCUT2D eigenvalue weighted by Gasteiger charge is 2.38. The third kappa shape index (κ3) is 4.18. The fourth-order valence-electron chi connectivity index (χ4n) is 4.60. The lowest BCUT2D eigenvalue weighted by Crippen LogP contribution is -2.27. The Balaban J connectivity index is 1.55. The molecule has 0 radical (unpaired) electrons. The molecule has 1 aromatic carbocycles. The molecule has 0 saturated carbocycles. The molecule has 0 unspecified atom stereocenters. The van der Waals surface area contributed by atoms with Gasteiger partial charge in [-0.25, -0.2) is 0 Å². The zero-order chi connectivity index (χ0) is 21.3. The average Bonchev–Trinajstić information content (AvgIpc) is 3.42. The second-order valence-electron chi connectivity index (χ2n) is 8.60. The number of nitrogens with zero attached hydrogens (tertiary/aromatic N) is 6. The van der Waals surface area contributed by atoms with Crippen LogP contribution in [0, 0.1) is 19.8 Å². The van der Waals surface area contributed by atoms with Gasteiger partial charge >= 0.3 is 0 Å². The molecule has 1 fully saturated rings. The molecule has 0 aliphatic carbocycles. The normalized spacial score (nSPS) is 19.8. The summed E-state index contributed by atoms with van der Waals surface area (Å²) in [5.74, 6) is 2.04. The van der Waals surface area contributed by atoms with Gasteiger partial charge in [-0.3, -0.25) is 9.58 Å². The Hall–Kier alpha value is -2.51. The van der Waals surface area contributed by atoms with E-state index in [1.54, 1.807) is 0 Å². The SMILES string of the molecule is CCn1nc(C)c(CN2C[C@H](CN(C)C)[C@@H](c3nnc(-c4ccccc4)o3)C2)c1C. The third-order valence-corrected chi connectivity index (χ3v) is 6.11. The van der Waals surface area contributed by atoms with Crippen LogP contribution in [-0.2, 0) is 13.1 Å². The van der Waals surface area contributed by atoms with E-state index in [2.05, 4.69) is 59.5 Å². The second-order valence-corrected chi connectivity index (χ2v) is 8.60. The van der Waals surface area contributed by atoms with Crippen molar-refractivity contribution in [3.8, 4) is 11.5 Å². The van der Waals surface area contributed by atoms with E-state index in [1.165, 1.54) is 11.3 Å². The molecular weight excluding hydrogens is 376 g/mol. The van der Waals surface area contributed by atoms with Crippen molar-refractivity contribution in [3.63, 3.8) is 0 Å². The molecule has 30 heavy (non-hydrogen) atoms. The monoisotopic (exact) mass is 408 g/mol. The van der Waals surface area contributed by atoms with Crippen LogP contribution in [0.5, 0.6) is 0 Å². The predicted molar refractivity (Wildman–Crippen MR) is 117 cm³/mol. The van der Waals surface area contributed by atoms with E-state index < -0.39 is 0 Å². The first-order chi connectivity index (χ1) is 14.5. The maximum atomic E-state index is 6.15. The number of benzene rings is 1. The highest BCUT2D eigenvalue weighted by molar-refractivity contribution is 5.51. The zero-order valence-corrected chi connectivity index (χ0v) is 18.7. The Morgan fingerprint density at radius 3 is 2.53 bits per heavy atom. The molecular formula is C23H32N6O. The van der Waals surface area contributed by atoms with Crippen LogP contribution in [0.4, 0.5) is 0 Å². The summed E-state index contributed by atoms with van der Waals surface area (Å²) in [5, 5.41) is 13.5. The first-order valence-electron chi connectivity index (χ1n) is 10.7. The topological polar surface area (TPSA) is 63.2 Å². The van der Waals surface area contributed by atoms with E-state index in [1.807, 2.05) is 30.3 Å². The third-order valence-electron chi connectivity index (χ3n) is 6.11. The molecule has 0 bridgehead atoms. The Bertz CT molecular complexity index is 977. The number of aromatic nitrogens is 4. The first-order valence-corrected chi connectivity index (χ1v) is 10.7. The van der Waals surface area contributed by atoms with Gasteiger partial charge in [0.05, 0.1) is 11.6 Å². The Labute approximate surface area is 178 Å². The largest absolute Gasteiger partial charge is 0.420 e. The fourth-order valence-corrected chi connectivity index (χ4v) is 4.60. The molecule has 1 aliphatic heterocycles. The van der Waals surface area contributed by atoms with Crippen LogP contribution < -0.4 is 0 Å². The van der Waals surface area contributed by atoms with Crippen LogP contribution in [0.3, 0.4) is 0 Å². The van der Waals surface area contributed by atoms with E-state index >= 15 is 0 Å². The summed E-state index contributed by atoms with van der Waals surface area (Å²) in [7, 11) is 4.25. The van der Waals surface area contributed by atoms with Crippen molar-refractivity contribution in [1.82, 2.24) is 29.8 Å². The lowest BCUT2D eigenvalue weighted by Gasteiger charge is -2.20. The molecule has 2 aromatic heterocycles. The fraction of sp³-hybridized carbons (Fsp3) is 0.522. The molecule has 0 N–H and O–H groups in total. The molecule has 3 aromatic rings. The van der Waals surface area contributed by atoms with Crippen LogP contribution in [-0.4, -0.2) is 63.5 Å². The van der Waals surface area contributed by atoms with E-state index in [-0.39, 0.29) is 5.92 Å². The minimum absolute atomic E-state index is 0.235. The number of hydrogen-bond donors (Lipinski definition) is 0. The Morgan fingerprint density at radius 1 is 1.10 bits per heavy atom. The molecule has 4 rings (SSSR count). The summed E-state index contributed by atoms with van der Waals surface area (Å²) in [4.78, 5) is 4.77. The van der Waals surface area contributed by atoms with Gasteiger partial charge in [-0.05, 0) is 52.9 Å². The average molecular weight is 409 g/mol. The highest BCUT2D eigenvalue weighted by Crippen LogP contribution is 2.35. The first kappa shape index (κ1) is 20.8. The standard InChI is InChI=1S/C23H32N6O/c1-6-29-17(3)20(16(2)26-29)14-28-13-19(12-27(4)5)21(15-28)23-25-24-22(30-23)18-10-8-7-9-11-18/h7-11,19,21H,6,12-15H2,1-5H3/t19-,21-/m0/s1. The van der Waals surface area contributed by atoms with Gasteiger partial charge in [0.15, 0.2) is 0 Å². The van der Waals surface area contributed by atoms with E-state index in [9.17, 15) is 0 Å².